The summed E-state index contributed by atoms with van der Waals surface area (Å²) in [5.41, 5.74) is 0. The summed E-state index contributed by atoms with van der Waals surface area (Å²) in [6.45, 7) is 4.89. The van der Waals surface area contributed by atoms with Gasteiger partial charge in [-0.15, -0.1) is 0 Å². The fraction of sp³-hybridized carbons (Fsp3) is 1.00. The molecule has 1 aliphatic rings. The molecule has 0 bridgehead atoms. The molecule has 2 atom stereocenters. The molecule has 4 nitrogen and oxygen atoms in total. The molecule has 5 heteroatoms. The smallest absolute Gasteiger partial charge is 0.211 e. The zero-order valence-corrected chi connectivity index (χ0v) is 9.17. The van der Waals surface area contributed by atoms with Crippen molar-refractivity contribution >= 4 is 10.0 Å². The van der Waals surface area contributed by atoms with Gasteiger partial charge in [0.15, 0.2) is 0 Å². The predicted molar refractivity (Wildman–Crippen MR) is 51.0 cm³/mol. The quantitative estimate of drug-likeness (QED) is 0.660. The molecule has 2 unspecified atom stereocenters. The van der Waals surface area contributed by atoms with E-state index >= 15 is 0 Å². The molecule has 0 aromatic rings. The summed E-state index contributed by atoms with van der Waals surface area (Å²) in [6, 6.07) is 0. The standard InChI is InChI=1S/C8H17NO3S/c1-4-8-6-9(13(3,10)11)5-7(2)12-8/h7-8H,4-6H2,1-3H3. The molecular weight excluding hydrogens is 190 g/mol. The van der Waals surface area contributed by atoms with Crippen LogP contribution in [-0.2, 0) is 14.8 Å². The first kappa shape index (κ1) is 10.9. The monoisotopic (exact) mass is 207 g/mol. The van der Waals surface area contributed by atoms with Gasteiger partial charge in [-0.05, 0) is 13.3 Å². The maximum absolute atomic E-state index is 11.3. The number of morpholine rings is 1. The van der Waals surface area contributed by atoms with Crippen molar-refractivity contribution in [2.24, 2.45) is 0 Å². The molecule has 0 aromatic carbocycles. The van der Waals surface area contributed by atoms with Crippen molar-refractivity contribution < 1.29 is 13.2 Å². The summed E-state index contributed by atoms with van der Waals surface area (Å²) >= 11 is 0. The Kier molecular flexibility index (Phi) is 3.32. The van der Waals surface area contributed by atoms with Gasteiger partial charge >= 0.3 is 0 Å². The van der Waals surface area contributed by atoms with Crippen LogP contribution in [0.4, 0.5) is 0 Å². The van der Waals surface area contributed by atoms with Crippen molar-refractivity contribution in [3.05, 3.63) is 0 Å². The normalized spacial score (nSPS) is 31.9. The van der Waals surface area contributed by atoms with Gasteiger partial charge in [-0.2, -0.15) is 4.31 Å². The van der Waals surface area contributed by atoms with E-state index < -0.39 is 10.0 Å². The average Bonchev–Trinajstić information content (AvgIpc) is 2.01. The lowest BCUT2D eigenvalue weighted by atomic mass is 10.2. The van der Waals surface area contributed by atoms with Gasteiger partial charge < -0.3 is 4.74 Å². The molecule has 1 saturated heterocycles. The summed E-state index contributed by atoms with van der Waals surface area (Å²) in [6.07, 6.45) is 2.17. The van der Waals surface area contributed by atoms with Crippen LogP contribution in [0.25, 0.3) is 0 Å². The van der Waals surface area contributed by atoms with Crippen LogP contribution in [0.5, 0.6) is 0 Å². The zero-order chi connectivity index (χ0) is 10.1. The van der Waals surface area contributed by atoms with Crippen molar-refractivity contribution in [2.75, 3.05) is 19.3 Å². The highest BCUT2D eigenvalue weighted by atomic mass is 32.2. The molecule has 0 aromatic heterocycles. The molecule has 0 N–H and O–H groups in total. The zero-order valence-electron chi connectivity index (χ0n) is 8.36. The van der Waals surface area contributed by atoms with Crippen LogP contribution in [0.2, 0.25) is 0 Å². The first-order chi connectivity index (χ1) is 5.93. The first-order valence-electron chi connectivity index (χ1n) is 4.54. The Labute approximate surface area is 79.9 Å². The van der Waals surface area contributed by atoms with Crippen molar-refractivity contribution in [3.63, 3.8) is 0 Å². The molecule has 1 fully saturated rings. The SMILES string of the molecule is CCC1CN(S(C)(=O)=O)CC(C)O1. The highest BCUT2D eigenvalue weighted by Gasteiger charge is 2.29. The minimum atomic E-state index is -3.05. The van der Waals surface area contributed by atoms with Gasteiger partial charge in [0.05, 0.1) is 18.5 Å². The Bertz CT molecular complexity index is 263. The number of hydrogen-bond donors (Lipinski definition) is 0. The van der Waals surface area contributed by atoms with Crippen LogP contribution in [0.3, 0.4) is 0 Å². The lowest BCUT2D eigenvalue weighted by molar-refractivity contribution is -0.0546. The molecule has 0 spiro atoms. The molecular formula is C8H17NO3S. The Balaban J connectivity index is 2.68. The molecule has 78 valence electrons. The minimum absolute atomic E-state index is 0.00780. The van der Waals surface area contributed by atoms with Gasteiger partial charge in [-0.25, -0.2) is 8.42 Å². The van der Waals surface area contributed by atoms with Gasteiger partial charge in [0.2, 0.25) is 10.0 Å². The van der Waals surface area contributed by atoms with Crippen molar-refractivity contribution in [1.29, 1.82) is 0 Å². The summed E-state index contributed by atoms with van der Waals surface area (Å²) in [5, 5.41) is 0. The summed E-state index contributed by atoms with van der Waals surface area (Å²) in [5.74, 6) is 0. The highest BCUT2D eigenvalue weighted by Crippen LogP contribution is 2.15. The summed E-state index contributed by atoms with van der Waals surface area (Å²) in [4.78, 5) is 0. The molecule has 1 aliphatic heterocycles. The van der Waals surface area contributed by atoms with Crippen LogP contribution < -0.4 is 0 Å². The molecule has 1 heterocycles. The molecule has 13 heavy (non-hydrogen) atoms. The van der Waals surface area contributed by atoms with E-state index in [0.717, 1.165) is 6.42 Å². The number of sulfonamides is 1. The molecule has 0 saturated carbocycles. The number of ether oxygens (including phenoxy) is 1. The van der Waals surface area contributed by atoms with Crippen molar-refractivity contribution in [3.8, 4) is 0 Å². The van der Waals surface area contributed by atoms with Gasteiger partial charge in [0.1, 0.15) is 0 Å². The van der Waals surface area contributed by atoms with Gasteiger partial charge in [0.25, 0.3) is 0 Å². The second-order valence-corrected chi connectivity index (χ2v) is 5.54. The van der Waals surface area contributed by atoms with E-state index in [-0.39, 0.29) is 12.2 Å². The third-order valence-corrected chi connectivity index (χ3v) is 3.45. The Morgan fingerprint density at radius 3 is 2.54 bits per heavy atom. The van der Waals surface area contributed by atoms with Crippen LogP contribution in [0.15, 0.2) is 0 Å². The second kappa shape index (κ2) is 3.94. The predicted octanol–water partition coefficient (Wildman–Crippen LogP) is 0.445. The highest BCUT2D eigenvalue weighted by molar-refractivity contribution is 7.88. The van der Waals surface area contributed by atoms with E-state index in [0.29, 0.717) is 13.1 Å². The Hall–Kier alpha value is -0.130. The van der Waals surface area contributed by atoms with Crippen molar-refractivity contribution in [2.45, 2.75) is 32.5 Å². The average molecular weight is 207 g/mol. The maximum atomic E-state index is 11.3. The second-order valence-electron chi connectivity index (χ2n) is 3.56. The minimum Gasteiger partial charge on any atom is -0.373 e. The lowest BCUT2D eigenvalue weighted by Gasteiger charge is -2.34. The topological polar surface area (TPSA) is 46.6 Å². The Morgan fingerprint density at radius 1 is 1.46 bits per heavy atom. The lowest BCUT2D eigenvalue weighted by Crippen LogP contribution is -2.48. The first-order valence-corrected chi connectivity index (χ1v) is 6.39. The molecule has 0 radical (unpaired) electrons. The number of nitrogens with zero attached hydrogens (tertiary/aromatic N) is 1. The van der Waals surface area contributed by atoms with Crippen LogP contribution in [0, 0.1) is 0 Å². The largest absolute Gasteiger partial charge is 0.373 e. The molecule has 0 amide bonds. The maximum Gasteiger partial charge on any atom is 0.211 e. The van der Waals surface area contributed by atoms with E-state index in [1.54, 1.807) is 0 Å². The van der Waals surface area contributed by atoms with Gasteiger partial charge in [-0.3, -0.25) is 0 Å². The number of rotatable bonds is 2. The van der Waals surface area contributed by atoms with Gasteiger partial charge in [0, 0.05) is 13.1 Å². The molecule has 0 aliphatic carbocycles. The van der Waals surface area contributed by atoms with Crippen molar-refractivity contribution in [1.82, 2.24) is 4.31 Å². The van der Waals surface area contributed by atoms with E-state index in [1.165, 1.54) is 10.6 Å². The summed E-state index contributed by atoms with van der Waals surface area (Å²) in [7, 11) is -3.05. The van der Waals surface area contributed by atoms with Crippen LogP contribution >= 0.6 is 0 Å². The van der Waals surface area contributed by atoms with Crippen LogP contribution in [-0.4, -0.2) is 44.3 Å². The van der Waals surface area contributed by atoms with E-state index in [4.69, 9.17) is 4.74 Å². The van der Waals surface area contributed by atoms with E-state index in [9.17, 15) is 8.42 Å². The third-order valence-electron chi connectivity index (χ3n) is 2.22. The molecule has 1 rings (SSSR count). The number of hydrogen-bond acceptors (Lipinski definition) is 3. The third kappa shape index (κ3) is 2.93. The fourth-order valence-corrected chi connectivity index (χ4v) is 2.42. The van der Waals surface area contributed by atoms with Gasteiger partial charge in [-0.1, -0.05) is 6.92 Å². The van der Waals surface area contributed by atoms with Crippen LogP contribution in [0.1, 0.15) is 20.3 Å². The summed E-state index contributed by atoms with van der Waals surface area (Å²) < 4.78 is 29.6. The Morgan fingerprint density at radius 2 is 2.08 bits per heavy atom. The van der Waals surface area contributed by atoms with E-state index in [2.05, 4.69) is 0 Å². The fourth-order valence-electron chi connectivity index (χ4n) is 1.50. The van der Waals surface area contributed by atoms with E-state index in [1.807, 2.05) is 13.8 Å².